The molecule has 5 aromatic carbocycles. The third-order valence-corrected chi connectivity index (χ3v) is 7.40. The molecule has 1 aliphatic rings. The van der Waals surface area contributed by atoms with Gasteiger partial charge < -0.3 is 0 Å². The molecule has 7 aromatic rings. The second-order valence-corrected chi connectivity index (χ2v) is 9.21. The Morgan fingerprint density at radius 2 is 1.17 bits per heavy atom. The van der Waals surface area contributed by atoms with Crippen LogP contribution in [0.3, 0.4) is 0 Å². The standard InChI is InChI=1S/C33H20N2/c1-2-11-25-24(10-1)28-14-6-13-27-23(17-18-29(25)32(27)28)21-8-5-9-22(20-21)35-31-16-4-3-12-26(31)30-15-7-19-34-33(30)35/h1-20H. The van der Waals surface area contributed by atoms with Crippen molar-refractivity contribution in [2.45, 2.75) is 0 Å². The van der Waals surface area contributed by atoms with Gasteiger partial charge in [-0.1, -0.05) is 84.9 Å². The molecule has 2 nitrogen and oxygen atoms in total. The van der Waals surface area contributed by atoms with Crippen LogP contribution in [0.15, 0.2) is 121 Å². The zero-order valence-electron chi connectivity index (χ0n) is 18.9. The number of nitrogens with zero attached hydrogens (tertiary/aromatic N) is 2. The fourth-order valence-corrected chi connectivity index (χ4v) is 5.93. The number of aromatic nitrogens is 2. The topological polar surface area (TPSA) is 17.8 Å². The maximum absolute atomic E-state index is 4.76. The molecule has 0 N–H and O–H groups in total. The van der Waals surface area contributed by atoms with Gasteiger partial charge in [0.15, 0.2) is 0 Å². The highest BCUT2D eigenvalue weighted by Gasteiger charge is 2.22. The van der Waals surface area contributed by atoms with Gasteiger partial charge in [-0.05, 0) is 74.5 Å². The molecule has 0 unspecified atom stereocenters. The van der Waals surface area contributed by atoms with E-state index >= 15 is 0 Å². The molecule has 2 aromatic heterocycles. The first-order valence-electron chi connectivity index (χ1n) is 12.0. The van der Waals surface area contributed by atoms with Gasteiger partial charge in [0, 0.05) is 22.7 Å². The van der Waals surface area contributed by atoms with Crippen LogP contribution >= 0.6 is 0 Å². The Hall–Kier alpha value is -4.69. The number of benzene rings is 5. The fourth-order valence-electron chi connectivity index (χ4n) is 5.93. The average Bonchev–Trinajstić information content (AvgIpc) is 3.44. The van der Waals surface area contributed by atoms with Crippen LogP contribution in [-0.4, -0.2) is 9.55 Å². The van der Waals surface area contributed by atoms with Gasteiger partial charge in [-0.3, -0.25) is 4.57 Å². The normalized spacial score (nSPS) is 12.0. The minimum absolute atomic E-state index is 0.988. The van der Waals surface area contributed by atoms with Crippen molar-refractivity contribution in [1.82, 2.24) is 9.55 Å². The average molecular weight is 445 g/mol. The van der Waals surface area contributed by atoms with Crippen LogP contribution in [0.4, 0.5) is 0 Å². The van der Waals surface area contributed by atoms with Crippen LogP contribution in [0.2, 0.25) is 0 Å². The Kier molecular flexibility index (Phi) is 3.69. The van der Waals surface area contributed by atoms with Gasteiger partial charge >= 0.3 is 0 Å². The van der Waals surface area contributed by atoms with Crippen LogP contribution in [0.25, 0.3) is 71.8 Å². The van der Waals surface area contributed by atoms with Crippen molar-refractivity contribution < 1.29 is 0 Å². The Morgan fingerprint density at radius 1 is 0.486 bits per heavy atom. The predicted octanol–water partition coefficient (Wildman–Crippen LogP) is 8.65. The van der Waals surface area contributed by atoms with E-state index in [9.17, 15) is 0 Å². The lowest BCUT2D eigenvalue weighted by Crippen LogP contribution is -1.95. The van der Waals surface area contributed by atoms with Crippen molar-refractivity contribution in [1.29, 1.82) is 0 Å². The summed E-state index contributed by atoms with van der Waals surface area (Å²) < 4.78 is 2.28. The summed E-state index contributed by atoms with van der Waals surface area (Å²) in [7, 11) is 0. The van der Waals surface area contributed by atoms with Crippen molar-refractivity contribution in [3.05, 3.63) is 121 Å². The van der Waals surface area contributed by atoms with Crippen LogP contribution in [0.1, 0.15) is 0 Å². The highest BCUT2D eigenvalue weighted by molar-refractivity contribution is 6.18. The molecule has 2 heteroatoms. The molecule has 0 aliphatic heterocycles. The van der Waals surface area contributed by atoms with E-state index < -0.39 is 0 Å². The van der Waals surface area contributed by atoms with Crippen LogP contribution < -0.4 is 0 Å². The fraction of sp³-hybridized carbons (Fsp3) is 0. The summed E-state index contributed by atoms with van der Waals surface area (Å²) >= 11 is 0. The van der Waals surface area contributed by atoms with Crippen LogP contribution in [-0.2, 0) is 0 Å². The molecule has 0 fully saturated rings. The van der Waals surface area contributed by atoms with Crippen molar-refractivity contribution in [2.75, 3.05) is 0 Å². The zero-order valence-corrected chi connectivity index (χ0v) is 18.9. The summed E-state index contributed by atoms with van der Waals surface area (Å²) in [6.07, 6.45) is 1.88. The number of hydrogen-bond donors (Lipinski definition) is 0. The summed E-state index contributed by atoms with van der Waals surface area (Å²) in [6.45, 7) is 0. The molecular weight excluding hydrogens is 424 g/mol. The second kappa shape index (κ2) is 6.91. The lowest BCUT2D eigenvalue weighted by Gasteiger charge is -2.12. The number of para-hydroxylation sites is 1. The largest absolute Gasteiger partial charge is 0.294 e. The third-order valence-electron chi connectivity index (χ3n) is 7.40. The second-order valence-electron chi connectivity index (χ2n) is 9.21. The van der Waals surface area contributed by atoms with Gasteiger partial charge in [-0.2, -0.15) is 0 Å². The van der Waals surface area contributed by atoms with E-state index in [-0.39, 0.29) is 0 Å². The predicted molar refractivity (Wildman–Crippen MR) is 146 cm³/mol. The minimum Gasteiger partial charge on any atom is -0.294 e. The molecule has 0 atom stereocenters. The molecule has 0 saturated carbocycles. The smallest absolute Gasteiger partial charge is 0.145 e. The van der Waals surface area contributed by atoms with Crippen molar-refractivity contribution in [2.24, 2.45) is 0 Å². The van der Waals surface area contributed by atoms with E-state index in [0.29, 0.717) is 0 Å². The van der Waals surface area contributed by atoms with Crippen LogP contribution in [0.5, 0.6) is 0 Å². The third kappa shape index (κ3) is 2.51. The van der Waals surface area contributed by atoms with Crippen molar-refractivity contribution >= 4 is 32.7 Å². The molecule has 0 bridgehead atoms. The first-order valence-corrected chi connectivity index (χ1v) is 12.0. The zero-order chi connectivity index (χ0) is 22.9. The van der Waals surface area contributed by atoms with E-state index in [2.05, 4.69) is 114 Å². The van der Waals surface area contributed by atoms with E-state index in [1.807, 2.05) is 12.3 Å². The molecule has 0 amide bonds. The summed E-state index contributed by atoms with van der Waals surface area (Å²) in [4.78, 5) is 4.76. The Balaban J connectivity index is 1.38. The number of fused-ring (bicyclic) bond motifs is 6. The maximum atomic E-state index is 4.76. The molecular formula is C33H20N2. The first-order chi connectivity index (χ1) is 17.4. The minimum atomic E-state index is 0.988. The van der Waals surface area contributed by atoms with Gasteiger partial charge in [0.1, 0.15) is 5.65 Å². The van der Waals surface area contributed by atoms with E-state index in [1.165, 1.54) is 60.4 Å². The Bertz CT molecular complexity index is 1880. The van der Waals surface area contributed by atoms with E-state index in [1.54, 1.807) is 0 Å². The summed E-state index contributed by atoms with van der Waals surface area (Å²) in [5.74, 6) is 0. The lowest BCUT2D eigenvalue weighted by molar-refractivity contribution is 1.14. The van der Waals surface area contributed by atoms with Gasteiger partial charge in [-0.25, -0.2) is 4.98 Å². The van der Waals surface area contributed by atoms with Gasteiger partial charge in [-0.15, -0.1) is 0 Å². The highest BCUT2D eigenvalue weighted by Crippen LogP contribution is 2.49. The van der Waals surface area contributed by atoms with E-state index in [0.717, 1.165) is 11.3 Å². The van der Waals surface area contributed by atoms with E-state index in [4.69, 9.17) is 4.98 Å². The van der Waals surface area contributed by atoms with Crippen molar-refractivity contribution in [3.63, 3.8) is 0 Å². The summed E-state index contributed by atoms with van der Waals surface area (Å²) in [5, 5.41) is 5.06. The summed E-state index contributed by atoms with van der Waals surface area (Å²) in [5.41, 5.74) is 11.1. The first kappa shape index (κ1) is 18.7. The Morgan fingerprint density at radius 3 is 2.09 bits per heavy atom. The SMILES string of the molecule is c1cc(-c2ccc3c4c(cccc24)-c2ccccc2-3)cc(-n2c3ccccc3c3cccnc32)c1. The highest BCUT2D eigenvalue weighted by atomic mass is 15.0. The molecule has 162 valence electrons. The molecule has 2 heterocycles. The molecule has 1 aliphatic carbocycles. The van der Waals surface area contributed by atoms with Crippen molar-refractivity contribution in [3.8, 4) is 39.1 Å². The quantitative estimate of drug-likeness (QED) is 0.261. The van der Waals surface area contributed by atoms with Crippen LogP contribution in [0, 0.1) is 0 Å². The Labute approximate surface area is 202 Å². The maximum Gasteiger partial charge on any atom is 0.145 e. The molecule has 8 rings (SSSR count). The van der Waals surface area contributed by atoms with Gasteiger partial charge in [0.05, 0.1) is 5.52 Å². The molecule has 0 spiro atoms. The lowest BCUT2D eigenvalue weighted by atomic mass is 9.94. The van der Waals surface area contributed by atoms with Gasteiger partial charge in [0.2, 0.25) is 0 Å². The number of rotatable bonds is 2. The van der Waals surface area contributed by atoms with Gasteiger partial charge in [0.25, 0.3) is 0 Å². The summed E-state index contributed by atoms with van der Waals surface area (Å²) in [6, 6.07) is 41.6. The number of pyridine rings is 1. The molecule has 35 heavy (non-hydrogen) atoms. The monoisotopic (exact) mass is 444 g/mol. The number of hydrogen-bond acceptors (Lipinski definition) is 1. The molecule has 0 saturated heterocycles. The molecule has 0 radical (unpaired) electrons.